The predicted octanol–water partition coefficient (Wildman–Crippen LogP) is 2.10. The number of hydrogen-bond acceptors (Lipinski definition) is 4. The molecule has 2 fully saturated rings. The van der Waals surface area contributed by atoms with Crippen LogP contribution in [0.25, 0.3) is 0 Å². The second-order valence-corrected chi connectivity index (χ2v) is 9.02. The van der Waals surface area contributed by atoms with Crippen molar-refractivity contribution in [2.75, 3.05) is 13.2 Å². The van der Waals surface area contributed by atoms with Gasteiger partial charge in [-0.3, -0.25) is 14.4 Å². The van der Waals surface area contributed by atoms with Gasteiger partial charge in [-0.15, -0.1) is 0 Å². The smallest absolute Gasteiger partial charge is 0.264 e. The van der Waals surface area contributed by atoms with Crippen molar-refractivity contribution < 1.29 is 14.3 Å². The van der Waals surface area contributed by atoms with Crippen LogP contribution in [0, 0.1) is 5.92 Å². The van der Waals surface area contributed by atoms with Crippen LogP contribution in [0.15, 0.2) is 41.3 Å². The normalized spacial score (nSPS) is 23.8. The molecule has 3 heterocycles. The van der Waals surface area contributed by atoms with Gasteiger partial charge in [-0.2, -0.15) is 0 Å². The predicted molar refractivity (Wildman–Crippen MR) is 119 cm³/mol. The van der Waals surface area contributed by atoms with Gasteiger partial charge in [-0.05, 0) is 36.0 Å². The zero-order chi connectivity index (χ0) is 22.2. The Morgan fingerprint density at radius 1 is 1.22 bits per heavy atom. The third-order valence-corrected chi connectivity index (χ3v) is 7.13. The lowest BCUT2D eigenvalue weighted by Crippen LogP contribution is -2.54. The van der Waals surface area contributed by atoms with Crippen molar-refractivity contribution in [1.29, 1.82) is 0 Å². The highest BCUT2D eigenvalue weighted by molar-refractivity contribution is 5.96. The van der Waals surface area contributed by atoms with Gasteiger partial charge in [0.15, 0.2) is 0 Å². The SMILES string of the molecule is CCC(=O)N1CCc2c(cn(Cc3ccccc3)c(=O)c2C(=O)N[C@@H]2C[C@H]3OCC[C@@H]23)C1. The van der Waals surface area contributed by atoms with Gasteiger partial charge in [0.05, 0.1) is 12.6 Å². The van der Waals surface area contributed by atoms with Crippen LogP contribution in [0.2, 0.25) is 0 Å². The average molecular weight is 436 g/mol. The number of nitrogens with zero attached hydrogens (tertiary/aromatic N) is 2. The summed E-state index contributed by atoms with van der Waals surface area (Å²) < 4.78 is 7.28. The number of hydrogen-bond donors (Lipinski definition) is 1. The number of pyridine rings is 1. The van der Waals surface area contributed by atoms with Gasteiger partial charge in [0.1, 0.15) is 5.56 Å². The topological polar surface area (TPSA) is 80.6 Å². The molecule has 0 spiro atoms. The molecule has 168 valence electrons. The van der Waals surface area contributed by atoms with Crippen molar-refractivity contribution in [2.24, 2.45) is 5.92 Å². The minimum atomic E-state index is -0.292. The van der Waals surface area contributed by atoms with Gasteiger partial charge in [0, 0.05) is 44.3 Å². The van der Waals surface area contributed by atoms with E-state index in [9.17, 15) is 14.4 Å². The number of fused-ring (bicyclic) bond motifs is 2. The van der Waals surface area contributed by atoms with Crippen LogP contribution in [0.4, 0.5) is 0 Å². The molecule has 7 nitrogen and oxygen atoms in total. The number of carbonyl (C=O) groups excluding carboxylic acids is 2. The molecule has 2 aliphatic heterocycles. The zero-order valence-corrected chi connectivity index (χ0v) is 18.4. The highest BCUT2D eigenvalue weighted by Crippen LogP contribution is 2.38. The van der Waals surface area contributed by atoms with E-state index in [1.54, 1.807) is 4.57 Å². The fraction of sp³-hybridized carbons (Fsp3) is 0.480. The number of benzene rings is 1. The molecule has 0 radical (unpaired) electrons. The zero-order valence-electron chi connectivity index (χ0n) is 18.4. The Bertz CT molecular complexity index is 1090. The summed E-state index contributed by atoms with van der Waals surface area (Å²) in [5, 5.41) is 3.12. The maximum absolute atomic E-state index is 13.5. The van der Waals surface area contributed by atoms with Crippen LogP contribution in [-0.4, -0.2) is 46.6 Å². The van der Waals surface area contributed by atoms with Crippen molar-refractivity contribution in [3.8, 4) is 0 Å². The molecule has 7 heteroatoms. The van der Waals surface area contributed by atoms with E-state index in [0.29, 0.717) is 38.4 Å². The van der Waals surface area contributed by atoms with Crippen LogP contribution in [0.1, 0.15) is 53.2 Å². The Morgan fingerprint density at radius 3 is 2.78 bits per heavy atom. The van der Waals surface area contributed by atoms with Gasteiger partial charge < -0.3 is 19.5 Å². The van der Waals surface area contributed by atoms with Crippen LogP contribution in [-0.2, 0) is 29.0 Å². The summed E-state index contributed by atoms with van der Waals surface area (Å²) in [6, 6.07) is 9.80. The summed E-state index contributed by atoms with van der Waals surface area (Å²) in [5.41, 5.74) is 2.64. The first-order chi connectivity index (χ1) is 15.5. The fourth-order valence-electron chi connectivity index (χ4n) is 5.28. The summed E-state index contributed by atoms with van der Waals surface area (Å²) >= 11 is 0. The Hall–Kier alpha value is -2.93. The van der Waals surface area contributed by atoms with E-state index in [1.165, 1.54) is 0 Å². The lowest BCUT2D eigenvalue weighted by molar-refractivity contribution is -0.131. The largest absolute Gasteiger partial charge is 0.378 e. The van der Waals surface area contributed by atoms with E-state index in [4.69, 9.17) is 4.74 Å². The summed E-state index contributed by atoms with van der Waals surface area (Å²) in [4.78, 5) is 40.9. The van der Waals surface area contributed by atoms with Crippen molar-refractivity contribution in [2.45, 2.75) is 57.8 Å². The maximum Gasteiger partial charge on any atom is 0.264 e. The molecule has 1 aromatic heterocycles. The molecule has 0 unspecified atom stereocenters. The maximum atomic E-state index is 13.5. The molecule has 3 atom stereocenters. The molecule has 1 saturated heterocycles. The molecule has 2 amide bonds. The van der Waals surface area contributed by atoms with Crippen molar-refractivity contribution in [1.82, 2.24) is 14.8 Å². The Balaban J connectivity index is 1.49. The van der Waals surface area contributed by atoms with Crippen LogP contribution < -0.4 is 10.9 Å². The van der Waals surface area contributed by atoms with Gasteiger partial charge in [0.25, 0.3) is 11.5 Å². The first-order valence-electron chi connectivity index (χ1n) is 11.5. The first-order valence-corrected chi connectivity index (χ1v) is 11.5. The van der Waals surface area contributed by atoms with Crippen molar-refractivity contribution >= 4 is 11.8 Å². The fourth-order valence-corrected chi connectivity index (χ4v) is 5.28. The number of carbonyl (C=O) groups is 2. The summed E-state index contributed by atoms with van der Waals surface area (Å²) in [6.07, 6.45) is 4.80. The lowest BCUT2D eigenvalue weighted by Gasteiger charge is -2.39. The van der Waals surface area contributed by atoms with E-state index >= 15 is 0 Å². The molecule has 0 bridgehead atoms. The Morgan fingerprint density at radius 2 is 2.03 bits per heavy atom. The lowest BCUT2D eigenvalue weighted by atomic mass is 9.76. The summed E-state index contributed by atoms with van der Waals surface area (Å²) in [6.45, 7) is 3.94. The van der Waals surface area contributed by atoms with E-state index < -0.39 is 0 Å². The molecular formula is C25H29N3O4. The molecular weight excluding hydrogens is 406 g/mol. The highest BCUT2D eigenvalue weighted by atomic mass is 16.5. The van der Waals surface area contributed by atoms with Crippen molar-refractivity contribution in [3.05, 3.63) is 69.1 Å². The quantitative estimate of drug-likeness (QED) is 0.780. The minimum absolute atomic E-state index is 0.0644. The standard InChI is InChI=1S/C25H29N3O4/c1-2-22(29)27-10-8-18-17(14-27)15-28(13-16-6-4-3-5-7-16)25(31)23(18)24(30)26-20-12-21-19(20)9-11-32-21/h3-7,15,19-21H,2,8-14H2,1H3,(H,26,30)/t19-,20+,21+/m0/s1. The number of amides is 2. The number of rotatable bonds is 5. The molecule has 1 N–H and O–H groups in total. The first kappa shape index (κ1) is 20.9. The van der Waals surface area contributed by atoms with Crippen LogP contribution in [0.5, 0.6) is 0 Å². The third-order valence-electron chi connectivity index (χ3n) is 7.13. The van der Waals surface area contributed by atoms with Crippen molar-refractivity contribution in [3.63, 3.8) is 0 Å². The van der Waals surface area contributed by atoms with Gasteiger partial charge in [-0.25, -0.2) is 0 Å². The number of nitrogens with one attached hydrogen (secondary N) is 1. The molecule has 1 saturated carbocycles. The third kappa shape index (κ3) is 3.75. The average Bonchev–Trinajstić information content (AvgIpc) is 3.18. The second kappa shape index (κ2) is 8.54. The minimum Gasteiger partial charge on any atom is -0.378 e. The molecule has 2 aromatic rings. The molecule has 1 aliphatic carbocycles. The second-order valence-electron chi connectivity index (χ2n) is 9.02. The van der Waals surface area contributed by atoms with E-state index in [2.05, 4.69) is 5.32 Å². The van der Waals surface area contributed by atoms with Crippen LogP contribution >= 0.6 is 0 Å². The summed E-state index contributed by atoms with van der Waals surface area (Å²) in [5.74, 6) is 0.145. The Kier molecular flexibility index (Phi) is 5.59. The van der Waals surface area contributed by atoms with Gasteiger partial charge in [0.2, 0.25) is 5.91 Å². The van der Waals surface area contributed by atoms with E-state index in [0.717, 1.165) is 36.1 Å². The molecule has 1 aromatic carbocycles. The molecule has 5 rings (SSSR count). The van der Waals surface area contributed by atoms with E-state index in [1.807, 2.05) is 48.4 Å². The monoisotopic (exact) mass is 435 g/mol. The number of ether oxygens (including phenoxy) is 1. The van der Waals surface area contributed by atoms with E-state index in [-0.39, 0.29) is 35.1 Å². The Labute approximate surface area is 187 Å². The highest BCUT2D eigenvalue weighted by Gasteiger charge is 2.46. The summed E-state index contributed by atoms with van der Waals surface area (Å²) in [7, 11) is 0. The molecule has 3 aliphatic rings. The number of aromatic nitrogens is 1. The van der Waals surface area contributed by atoms with Crippen LogP contribution in [0.3, 0.4) is 0 Å². The van der Waals surface area contributed by atoms with Gasteiger partial charge >= 0.3 is 0 Å². The molecule has 32 heavy (non-hydrogen) atoms. The van der Waals surface area contributed by atoms with Gasteiger partial charge in [-0.1, -0.05) is 37.3 Å².